The number of benzene rings is 4. The van der Waals surface area contributed by atoms with Crippen molar-refractivity contribution in [2.75, 3.05) is 12.0 Å². The average Bonchev–Trinajstić information content (AvgIpc) is 3.25. The predicted octanol–water partition coefficient (Wildman–Crippen LogP) is 8.46. The maximum absolute atomic E-state index is 13.7. The number of amidine groups is 1. The molecule has 5 nitrogen and oxygen atoms in total. The first-order chi connectivity index (χ1) is 18.9. The van der Waals surface area contributed by atoms with Crippen molar-refractivity contribution >= 4 is 56.2 Å². The van der Waals surface area contributed by atoms with Gasteiger partial charge in [-0.05, 0) is 79.2 Å². The Hall–Kier alpha value is -3.81. The Labute approximate surface area is 241 Å². The van der Waals surface area contributed by atoms with Crippen LogP contribution < -0.4 is 14.4 Å². The zero-order valence-corrected chi connectivity index (χ0v) is 24.3. The fourth-order valence-electron chi connectivity index (χ4n) is 4.01. The molecule has 1 aliphatic rings. The average molecular weight is 600 g/mol. The molecule has 0 N–H and O–H groups in total. The van der Waals surface area contributed by atoms with Crippen LogP contribution in [0.4, 0.5) is 11.4 Å². The lowest BCUT2D eigenvalue weighted by molar-refractivity contribution is -0.113. The Morgan fingerprint density at radius 2 is 1.56 bits per heavy atom. The summed E-state index contributed by atoms with van der Waals surface area (Å²) in [6.45, 7) is 4.48. The maximum atomic E-state index is 13.7. The van der Waals surface area contributed by atoms with Gasteiger partial charge in [0.2, 0.25) is 0 Å². The van der Waals surface area contributed by atoms with Crippen molar-refractivity contribution in [1.82, 2.24) is 0 Å². The van der Waals surface area contributed by atoms with Gasteiger partial charge in [-0.25, -0.2) is 4.99 Å². The molecule has 1 amide bonds. The fraction of sp³-hybridized carbons (Fsp3) is 0.125. The summed E-state index contributed by atoms with van der Waals surface area (Å²) in [5, 5.41) is 0.602. The number of carbonyl (C=O) groups excluding carboxylic acids is 1. The maximum Gasteiger partial charge on any atom is 0.271 e. The van der Waals surface area contributed by atoms with E-state index in [1.165, 1.54) is 11.8 Å². The Bertz CT molecular complexity index is 1550. The summed E-state index contributed by atoms with van der Waals surface area (Å²) in [6, 6.07) is 29.5. The smallest absolute Gasteiger partial charge is 0.271 e. The number of nitrogens with zero attached hydrogens (tertiary/aromatic N) is 2. The molecule has 5 rings (SSSR count). The van der Waals surface area contributed by atoms with Gasteiger partial charge < -0.3 is 9.47 Å². The number of ether oxygens (including phenoxy) is 2. The van der Waals surface area contributed by atoms with Crippen LogP contribution in [0.1, 0.15) is 22.3 Å². The highest BCUT2D eigenvalue weighted by atomic mass is 79.9. The third-order valence-corrected chi connectivity index (χ3v) is 7.82. The van der Waals surface area contributed by atoms with Gasteiger partial charge in [-0.3, -0.25) is 9.69 Å². The second kappa shape index (κ2) is 11.9. The molecule has 0 spiro atoms. The molecule has 7 heteroatoms. The number of hydrogen-bond donors (Lipinski definition) is 0. The molecule has 0 aromatic heterocycles. The number of aliphatic imine (C=N–C) groups is 1. The molecule has 4 aromatic rings. The predicted molar refractivity (Wildman–Crippen MR) is 164 cm³/mol. The van der Waals surface area contributed by atoms with Crippen molar-refractivity contribution < 1.29 is 14.3 Å². The van der Waals surface area contributed by atoms with Gasteiger partial charge >= 0.3 is 0 Å². The van der Waals surface area contributed by atoms with Gasteiger partial charge in [0, 0.05) is 4.47 Å². The van der Waals surface area contributed by atoms with Gasteiger partial charge in [-0.2, -0.15) is 0 Å². The lowest BCUT2D eigenvalue weighted by Crippen LogP contribution is -2.28. The summed E-state index contributed by atoms with van der Waals surface area (Å²) < 4.78 is 12.5. The van der Waals surface area contributed by atoms with Gasteiger partial charge in [0.05, 0.1) is 23.4 Å². The topological polar surface area (TPSA) is 51.1 Å². The highest BCUT2D eigenvalue weighted by Crippen LogP contribution is 2.40. The first kappa shape index (κ1) is 26.8. The first-order valence-corrected chi connectivity index (χ1v) is 14.0. The molecule has 196 valence electrons. The van der Waals surface area contributed by atoms with Crippen molar-refractivity contribution in [2.45, 2.75) is 20.5 Å². The molecule has 0 atom stereocenters. The molecule has 0 unspecified atom stereocenters. The third kappa shape index (κ3) is 6.27. The quantitative estimate of drug-likeness (QED) is 0.200. The van der Waals surface area contributed by atoms with E-state index in [9.17, 15) is 4.79 Å². The zero-order chi connectivity index (χ0) is 27.4. The van der Waals surface area contributed by atoms with Crippen LogP contribution in [0, 0.1) is 13.8 Å². The number of aryl methyl sites for hydroxylation is 2. The van der Waals surface area contributed by atoms with Crippen molar-refractivity contribution in [3.63, 3.8) is 0 Å². The lowest BCUT2D eigenvalue weighted by Gasteiger charge is -2.16. The van der Waals surface area contributed by atoms with Crippen LogP contribution in [0.15, 0.2) is 105 Å². The number of anilines is 1. The molecule has 0 radical (unpaired) electrons. The van der Waals surface area contributed by atoms with Gasteiger partial charge in [0.25, 0.3) is 5.91 Å². The number of methoxy groups -OCH3 is 1. The van der Waals surface area contributed by atoms with Crippen LogP contribution in [-0.4, -0.2) is 18.2 Å². The van der Waals surface area contributed by atoms with Crippen LogP contribution in [-0.2, 0) is 11.4 Å². The van der Waals surface area contributed by atoms with Crippen LogP contribution in [0.3, 0.4) is 0 Å². The minimum absolute atomic E-state index is 0.134. The van der Waals surface area contributed by atoms with E-state index in [0.717, 1.165) is 38.1 Å². The molecular formula is C32H27BrN2O3S. The normalized spacial score (nSPS) is 15.3. The largest absolute Gasteiger partial charge is 0.493 e. The summed E-state index contributed by atoms with van der Waals surface area (Å²) in [7, 11) is 1.61. The summed E-state index contributed by atoms with van der Waals surface area (Å²) in [4.78, 5) is 20.8. The van der Waals surface area contributed by atoms with E-state index in [0.29, 0.717) is 28.2 Å². The SMILES string of the molecule is COc1cc(/C=C2/SC(=Nc3ccc(C)cc3)N(c3ccc(C)cc3)C2=O)c(Br)cc1OCc1ccccc1. The van der Waals surface area contributed by atoms with E-state index in [1.54, 1.807) is 12.0 Å². The Morgan fingerprint density at radius 3 is 2.23 bits per heavy atom. The minimum atomic E-state index is -0.134. The van der Waals surface area contributed by atoms with E-state index in [-0.39, 0.29) is 5.91 Å². The molecule has 1 fully saturated rings. The molecule has 0 saturated carbocycles. The van der Waals surface area contributed by atoms with E-state index >= 15 is 0 Å². The summed E-state index contributed by atoms with van der Waals surface area (Å²) in [5.41, 5.74) is 5.70. The van der Waals surface area contributed by atoms with Crippen LogP contribution in [0.2, 0.25) is 0 Å². The molecule has 4 aromatic carbocycles. The van der Waals surface area contributed by atoms with Crippen molar-refractivity contribution in [2.24, 2.45) is 4.99 Å². The van der Waals surface area contributed by atoms with Gasteiger partial charge in [-0.15, -0.1) is 0 Å². The van der Waals surface area contributed by atoms with Crippen molar-refractivity contribution in [3.05, 3.63) is 123 Å². The Balaban J connectivity index is 1.48. The summed E-state index contributed by atoms with van der Waals surface area (Å²) in [6.07, 6.45) is 1.86. The standard InChI is InChI=1S/C32H27BrN2O3S/c1-21-9-13-25(14-10-21)34-32-35(26-15-11-22(2)12-16-26)31(36)30(39-32)18-24-17-28(37-3)29(19-27(24)33)38-20-23-7-5-4-6-8-23/h4-19H,20H2,1-3H3/b30-18+,34-32?. The van der Waals surface area contributed by atoms with E-state index < -0.39 is 0 Å². The number of thioether (sulfide) groups is 1. The second-order valence-corrected chi connectivity index (χ2v) is 11.0. The summed E-state index contributed by atoms with van der Waals surface area (Å²) in [5.74, 6) is 1.06. The molecule has 0 bridgehead atoms. The van der Waals surface area contributed by atoms with Gasteiger partial charge in [0.15, 0.2) is 16.7 Å². The van der Waals surface area contributed by atoms with E-state index in [2.05, 4.69) is 15.9 Å². The van der Waals surface area contributed by atoms with Gasteiger partial charge in [-0.1, -0.05) is 81.7 Å². The summed E-state index contributed by atoms with van der Waals surface area (Å²) >= 11 is 5.01. The molecule has 39 heavy (non-hydrogen) atoms. The number of amides is 1. The molecular weight excluding hydrogens is 572 g/mol. The highest BCUT2D eigenvalue weighted by molar-refractivity contribution is 9.10. The van der Waals surface area contributed by atoms with E-state index in [1.807, 2.05) is 111 Å². The fourth-order valence-corrected chi connectivity index (χ4v) is 5.44. The molecule has 1 heterocycles. The third-order valence-electron chi connectivity index (χ3n) is 6.16. The van der Waals surface area contributed by atoms with Crippen molar-refractivity contribution in [1.29, 1.82) is 0 Å². The second-order valence-electron chi connectivity index (χ2n) is 9.12. The number of hydrogen-bond acceptors (Lipinski definition) is 5. The number of carbonyl (C=O) groups is 1. The minimum Gasteiger partial charge on any atom is -0.493 e. The van der Waals surface area contributed by atoms with E-state index in [4.69, 9.17) is 14.5 Å². The monoisotopic (exact) mass is 598 g/mol. The Kier molecular flexibility index (Phi) is 8.19. The van der Waals surface area contributed by atoms with Crippen LogP contribution in [0.25, 0.3) is 6.08 Å². The molecule has 1 aliphatic heterocycles. The lowest BCUT2D eigenvalue weighted by atomic mass is 10.1. The highest BCUT2D eigenvalue weighted by Gasteiger charge is 2.35. The zero-order valence-electron chi connectivity index (χ0n) is 21.9. The van der Waals surface area contributed by atoms with Gasteiger partial charge in [0.1, 0.15) is 6.61 Å². The number of halogens is 1. The van der Waals surface area contributed by atoms with Crippen LogP contribution >= 0.6 is 27.7 Å². The molecule has 0 aliphatic carbocycles. The first-order valence-electron chi connectivity index (χ1n) is 12.4. The molecule has 1 saturated heterocycles. The number of rotatable bonds is 7. The van der Waals surface area contributed by atoms with Crippen LogP contribution in [0.5, 0.6) is 11.5 Å². The van der Waals surface area contributed by atoms with Crippen molar-refractivity contribution in [3.8, 4) is 11.5 Å². The Morgan fingerprint density at radius 1 is 0.897 bits per heavy atom.